The Bertz CT molecular complexity index is 784. The summed E-state index contributed by atoms with van der Waals surface area (Å²) < 4.78 is 10.9. The van der Waals surface area contributed by atoms with E-state index in [1.54, 1.807) is 25.3 Å². The van der Waals surface area contributed by atoms with E-state index in [1.165, 1.54) is 5.56 Å². The molecule has 1 heterocycles. The molecule has 1 atom stereocenters. The largest absolute Gasteiger partial charge is 0.493 e. The van der Waals surface area contributed by atoms with Gasteiger partial charge in [0.05, 0.1) is 7.11 Å². The highest BCUT2D eigenvalue weighted by Gasteiger charge is 2.27. The smallest absolute Gasteiger partial charge is 0.254 e. The summed E-state index contributed by atoms with van der Waals surface area (Å²) in [4.78, 5) is 14.8. The van der Waals surface area contributed by atoms with Crippen molar-refractivity contribution in [3.63, 3.8) is 0 Å². The average Bonchev–Trinajstić information content (AvgIpc) is 3.15. The number of halogens is 2. The minimum atomic E-state index is 0. The fraction of sp³-hybridized carbons (Fsp3) is 0.381. The lowest BCUT2D eigenvalue weighted by Crippen LogP contribution is -2.29. The van der Waals surface area contributed by atoms with Crippen molar-refractivity contribution >= 4 is 29.9 Å². The molecule has 1 aliphatic rings. The van der Waals surface area contributed by atoms with Gasteiger partial charge in [0.1, 0.15) is 6.61 Å². The van der Waals surface area contributed by atoms with Gasteiger partial charge in [-0.1, -0.05) is 23.7 Å². The van der Waals surface area contributed by atoms with Crippen molar-refractivity contribution < 1.29 is 14.3 Å². The van der Waals surface area contributed by atoms with Crippen LogP contribution in [0.2, 0.25) is 5.02 Å². The first-order valence-electron chi connectivity index (χ1n) is 9.15. The molecule has 0 spiro atoms. The van der Waals surface area contributed by atoms with Crippen LogP contribution in [0.25, 0.3) is 0 Å². The Morgan fingerprint density at radius 3 is 2.64 bits per heavy atom. The molecule has 3 rings (SSSR count). The lowest BCUT2D eigenvalue weighted by molar-refractivity contribution is 0.0786. The van der Waals surface area contributed by atoms with Crippen LogP contribution < -0.4 is 15.2 Å². The van der Waals surface area contributed by atoms with Crippen LogP contribution in [0.15, 0.2) is 42.5 Å². The summed E-state index contributed by atoms with van der Waals surface area (Å²) in [6.45, 7) is 2.30. The zero-order valence-corrected chi connectivity index (χ0v) is 17.5. The maximum Gasteiger partial charge on any atom is 0.254 e. The molecule has 28 heavy (non-hydrogen) atoms. The van der Waals surface area contributed by atoms with Gasteiger partial charge in [0.15, 0.2) is 11.5 Å². The first-order chi connectivity index (χ1) is 13.1. The highest BCUT2D eigenvalue weighted by Crippen LogP contribution is 2.30. The molecular formula is C21H26Cl2N2O3. The van der Waals surface area contributed by atoms with E-state index >= 15 is 0 Å². The van der Waals surface area contributed by atoms with E-state index in [0.717, 1.165) is 31.0 Å². The monoisotopic (exact) mass is 424 g/mol. The number of nitrogens with zero attached hydrogens (tertiary/aromatic N) is 1. The van der Waals surface area contributed by atoms with Crippen molar-refractivity contribution in [1.29, 1.82) is 0 Å². The molecule has 1 saturated heterocycles. The van der Waals surface area contributed by atoms with Gasteiger partial charge >= 0.3 is 0 Å². The van der Waals surface area contributed by atoms with Gasteiger partial charge in [-0.2, -0.15) is 0 Å². The minimum absolute atomic E-state index is 0. The van der Waals surface area contributed by atoms with Crippen LogP contribution in [0, 0.1) is 5.92 Å². The van der Waals surface area contributed by atoms with Gasteiger partial charge in [-0.15, -0.1) is 12.4 Å². The van der Waals surface area contributed by atoms with E-state index in [0.29, 0.717) is 36.1 Å². The summed E-state index contributed by atoms with van der Waals surface area (Å²) in [5, 5.41) is 0.745. The second kappa shape index (κ2) is 10.6. The van der Waals surface area contributed by atoms with Crippen LogP contribution in [0.3, 0.4) is 0 Å². The Kier molecular flexibility index (Phi) is 8.42. The maximum atomic E-state index is 12.9. The van der Waals surface area contributed by atoms with Crippen molar-refractivity contribution in [1.82, 2.24) is 4.90 Å². The van der Waals surface area contributed by atoms with Gasteiger partial charge in [0, 0.05) is 30.2 Å². The highest BCUT2D eigenvalue weighted by molar-refractivity contribution is 6.30. The molecular weight excluding hydrogens is 399 g/mol. The number of benzene rings is 2. The van der Waals surface area contributed by atoms with Crippen LogP contribution in [-0.4, -0.2) is 44.2 Å². The third kappa shape index (κ3) is 5.53. The highest BCUT2D eigenvalue weighted by atomic mass is 35.5. The summed E-state index contributed by atoms with van der Waals surface area (Å²) in [6.07, 6.45) is 1.95. The number of methoxy groups -OCH3 is 1. The second-order valence-corrected chi connectivity index (χ2v) is 7.18. The Balaban J connectivity index is 0.00000280. The van der Waals surface area contributed by atoms with Crippen molar-refractivity contribution in [2.45, 2.75) is 12.8 Å². The van der Waals surface area contributed by atoms with Gasteiger partial charge < -0.3 is 20.1 Å². The zero-order valence-electron chi connectivity index (χ0n) is 15.9. The van der Waals surface area contributed by atoms with Crippen molar-refractivity contribution in [2.75, 3.05) is 33.4 Å². The standard InChI is InChI=1S/C21H25ClN2O3.ClH/c1-26-19-7-4-17(13-20(19)27-11-9-23)21(25)24-10-8-16(14-24)12-15-2-5-18(22)6-3-15;/h2-7,13,16H,8-12,14,23H2,1H3;1H. The summed E-state index contributed by atoms with van der Waals surface area (Å²) in [6, 6.07) is 13.2. The molecule has 0 aromatic heterocycles. The van der Waals surface area contributed by atoms with Gasteiger partial charge in [0.2, 0.25) is 0 Å². The molecule has 0 bridgehead atoms. The Morgan fingerprint density at radius 1 is 1.21 bits per heavy atom. The van der Waals surface area contributed by atoms with Crippen molar-refractivity contribution in [3.8, 4) is 11.5 Å². The molecule has 2 N–H and O–H groups in total. The van der Waals surface area contributed by atoms with Crippen LogP contribution >= 0.6 is 24.0 Å². The molecule has 1 amide bonds. The molecule has 2 aromatic rings. The third-order valence-electron chi connectivity index (χ3n) is 4.80. The second-order valence-electron chi connectivity index (χ2n) is 6.74. The van der Waals surface area contributed by atoms with Gasteiger partial charge in [-0.05, 0) is 54.7 Å². The first-order valence-corrected chi connectivity index (χ1v) is 9.53. The molecule has 1 aliphatic heterocycles. The number of ether oxygens (including phenoxy) is 2. The summed E-state index contributed by atoms with van der Waals surface area (Å²) in [7, 11) is 1.58. The lowest BCUT2D eigenvalue weighted by Gasteiger charge is -2.18. The molecule has 7 heteroatoms. The zero-order chi connectivity index (χ0) is 19.2. The minimum Gasteiger partial charge on any atom is -0.493 e. The number of hydrogen-bond donors (Lipinski definition) is 1. The van der Waals surface area contributed by atoms with E-state index in [4.69, 9.17) is 26.8 Å². The fourth-order valence-corrected chi connectivity index (χ4v) is 3.54. The number of amides is 1. The number of hydrogen-bond acceptors (Lipinski definition) is 4. The predicted octanol–water partition coefficient (Wildman–Crippen LogP) is 3.81. The first kappa shape index (κ1) is 22.3. The van der Waals surface area contributed by atoms with E-state index in [-0.39, 0.29) is 18.3 Å². The number of likely N-dealkylation sites (tertiary alicyclic amines) is 1. The molecule has 1 fully saturated rings. The van der Waals surface area contributed by atoms with Crippen molar-refractivity contribution in [2.24, 2.45) is 11.7 Å². The maximum absolute atomic E-state index is 12.9. The van der Waals surface area contributed by atoms with E-state index in [2.05, 4.69) is 12.1 Å². The van der Waals surface area contributed by atoms with Gasteiger partial charge in [0.25, 0.3) is 5.91 Å². The van der Waals surface area contributed by atoms with E-state index < -0.39 is 0 Å². The van der Waals surface area contributed by atoms with Crippen LogP contribution in [0.1, 0.15) is 22.3 Å². The Labute approximate surface area is 177 Å². The lowest BCUT2D eigenvalue weighted by atomic mass is 9.99. The Hall–Kier alpha value is -1.95. The predicted molar refractivity (Wildman–Crippen MR) is 114 cm³/mol. The SMILES string of the molecule is COc1ccc(C(=O)N2CCC(Cc3ccc(Cl)cc3)C2)cc1OCCN.Cl. The normalized spacial score (nSPS) is 15.8. The van der Waals surface area contributed by atoms with Crippen molar-refractivity contribution in [3.05, 3.63) is 58.6 Å². The number of rotatable bonds is 7. The molecule has 0 radical (unpaired) electrons. The fourth-order valence-electron chi connectivity index (χ4n) is 3.41. The van der Waals surface area contributed by atoms with E-state index in [9.17, 15) is 4.79 Å². The number of carbonyl (C=O) groups excluding carboxylic acids is 1. The number of nitrogens with two attached hydrogens (primary N) is 1. The average molecular weight is 425 g/mol. The summed E-state index contributed by atoms with van der Waals surface area (Å²) in [5.41, 5.74) is 7.36. The molecule has 0 aliphatic carbocycles. The molecule has 2 aromatic carbocycles. The molecule has 0 saturated carbocycles. The van der Waals surface area contributed by atoms with Gasteiger partial charge in [-0.3, -0.25) is 4.79 Å². The topological polar surface area (TPSA) is 64.8 Å². The molecule has 152 valence electrons. The Morgan fingerprint density at radius 2 is 1.96 bits per heavy atom. The molecule has 1 unspecified atom stereocenters. The quantitative estimate of drug-likeness (QED) is 0.733. The van der Waals surface area contributed by atoms with Gasteiger partial charge in [-0.25, -0.2) is 0 Å². The third-order valence-corrected chi connectivity index (χ3v) is 5.05. The molecule has 5 nitrogen and oxygen atoms in total. The number of carbonyl (C=O) groups is 1. The van der Waals surface area contributed by atoms with Crippen LogP contribution in [0.5, 0.6) is 11.5 Å². The van der Waals surface area contributed by atoms with Crippen LogP contribution in [0.4, 0.5) is 0 Å². The summed E-state index contributed by atoms with van der Waals surface area (Å²) >= 11 is 5.95. The van der Waals surface area contributed by atoms with E-state index in [1.807, 2.05) is 17.0 Å². The summed E-state index contributed by atoms with van der Waals surface area (Å²) in [5.74, 6) is 1.63. The van der Waals surface area contributed by atoms with Crippen LogP contribution in [-0.2, 0) is 6.42 Å².